The zero-order valence-electron chi connectivity index (χ0n) is 39.4. The number of carbonyl (C=O) groups is 4. The van der Waals surface area contributed by atoms with Crippen LogP contribution in [0.4, 0.5) is 21.8 Å². The number of amides is 4. The minimum absolute atomic E-state index is 0.0501. The van der Waals surface area contributed by atoms with Gasteiger partial charge in [-0.1, -0.05) is 35.9 Å². The zero-order valence-corrected chi connectivity index (χ0v) is 41.8. The van der Waals surface area contributed by atoms with Gasteiger partial charge in [0.2, 0.25) is 17.8 Å². The van der Waals surface area contributed by atoms with Crippen LogP contribution in [0.15, 0.2) is 54.2 Å². The Labute approximate surface area is 411 Å². The topological polar surface area (TPSA) is 174 Å². The molecule has 4 aliphatic rings. The lowest BCUT2D eigenvalue weighted by Gasteiger charge is -2.38. The molecule has 0 radical (unpaired) electrons. The number of piperazine rings is 1. The van der Waals surface area contributed by atoms with E-state index >= 15 is 4.39 Å². The number of rotatable bonds is 18. The number of halogens is 2. The van der Waals surface area contributed by atoms with Gasteiger partial charge in [0.1, 0.15) is 28.7 Å². The van der Waals surface area contributed by atoms with Crippen molar-refractivity contribution in [1.29, 1.82) is 0 Å². The lowest BCUT2D eigenvalue weighted by atomic mass is 10.00. The van der Waals surface area contributed by atoms with E-state index in [-0.39, 0.29) is 30.6 Å². The summed E-state index contributed by atoms with van der Waals surface area (Å²) in [4.78, 5) is 75.1. The number of thiazole rings is 1. The first-order chi connectivity index (χ1) is 32.6. The van der Waals surface area contributed by atoms with Crippen LogP contribution in [0.25, 0.3) is 10.4 Å². The van der Waals surface area contributed by atoms with Gasteiger partial charge in [-0.15, -0.1) is 11.3 Å². The van der Waals surface area contributed by atoms with Gasteiger partial charge in [-0.25, -0.2) is 14.4 Å². The van der Waals surface area contributed by atoms with E-state index in [9.17, 15) is 19.2 Å². The Hall–Kier alpha value is -5.04. The predicted octanol–water partition coefficient (Wildman–Crippen LogP) is 7.34. The second-order valence-electron chi connectivity index (χ2n) is 19.0. The molecule has 2 aliphatic carbocycles. The van der Waals surface area contributed by atoms with Gasteiger partial charge in [-0.2, -0.15) is 16.7 Å². The molecule has 19 heteroatoms. The van der Waals surface area contributed by atoms with E-state index in [1.165, 1.54) is 6.20 Å². The first kappa shape index (κ1) is 49.4. The number of hydrogen-bond acceptors (Lipinski definition) is 13. The van der Waals surface area contributed by atoms with Crippen LogP contribution in [0.5, 0.6) is 5.75 Å². The molecule has 2 aliphatic heterocycles. The molecule has 4 amide bonds. The van der Waals surface area contributed by atoms with Crippen molar-refractivity contribution in [2.45, 2.75) is 94.8 Å². The van der Waals surface area contributed by atoms with Crippen LogP contribution in [0.3, 0.4) is 0 Å². The first-order valence-electron chi connectivity index (χ1n) is 23.5. The smallest absolute Gasteiger partial charge is 0.258 e. The second kappa shape index (κ2) is 21.3. The normalized spacial score (nSPS) is 20.7. The summed E-state index contributed by atoms with van der Waals surface area (Å²) in [6, 6.07) is 11.6. The highest BCUT2D eigenvalue weighted by atomic mass is 35.5. The Kier molecular flexibility index (Phi) is 15.5. The minimum atomic E-state index is -1.95. The standard InChI is InChI=1S/C49H62ClFN10O5S2/c1-30-40(67-29-55-30)34-12-10-31(11-13-34)25-53-43(62)38-7-6-18-61(38)45(64)41(57-46(65)49(51)16-17-49)48(2,3)68-28-33-9-8-32(23-33)27-59-19-21-60(22-20-59)44(63)35-14-15-37(39(24-35)66-5)56-47-54-26-36(50)42(52-4)58-47/h10-15,24,26,29,32-33,38,41H,6-9,16-23,25,27-28H2,1-5H3,(H,53,62)(H,57,65)(H2,52,54,56,58)/t32?,33?,38-,41?/m0/s1. The Balaban J connectivity index is 0.815. The number of anilines is 3. The molecule has 0 bridgehead atoms. The van der Waals surface area contributed by atoms with Gasteiger partial charge < -0.3 is 35.8 Å². The fourth-order valence-corrected chi connectivity index (χ4v) is 11.8. The summed E-state index contributed by atoms with van der Waals surface area (Å²) in [5.74, 6) is 1.66. The molecule has 2 saturated carbocycles. The fourth-order valence-electron chi connectivity index (χ4n) is 9.50. The number of hydrogen-bond donors (Lipinski definition) is 4. The molecule has 2 saturated heterocycles. The molecular formula is C49H62ClFN10O5S2. The van der Waals surface area contributed by atoms with Crippen LogP contribution in [-0.4, -0.2) is 135 Å². The molecule has 364 valence electrons. The lowest BCUT2D eigenvalue weighted by Crippen LogP contribution is -2.61. The number of benzene rings is 2. The van der Waals surface area contributed by atoms with Crippen LogP contribution < -0.4 is 26.0 Å². The molecule has 8 rings (SSSR count). The number of methoxy groups -OCH3 is 1. The monoisotopic (exact) mass is 988 g/mol. The SMILES string of the molecule is CNc1nc(Nc2ccc(C(=O)N3CCN(CC4CCC(CSC(C)(C)C(NC(=O)C5(F)CC5)C(=O)N5CCC[C@H]5C(=O)NCc5ccc(-c6scnc6C)cc5)C4)CC3)cc2OC)ncc1Cl. The maximum Gasteiger partial charge on any atom is 0.258 e. The van der Waals surface area contributed by atoms with Gasteiger partial charge in [-0.05, 0) is 113 Å². The van der Waals surface area contributed by atoms with Gasteiger partial charge in [0, 0.05) is 63.2 Å². The van der Waals surface area contributed by atoms with Crippen molar-refractivity contribution in [3.63, 3.8) is 0 Å². The molecule has 2 aromatic carbocycles. The molecule has 4 heterocycles. The summed E-state index contributed by atoms with van der Waals surface area (Å²) in [6.07, 6.45) is 6.15. The average molecular weight is 990 g/mol. The number of carbonyl (C=O) groups excluding carboxylic acids is 4. The van der Waals surface area contributed by atoms with Gasteiger partial charge in [-0.3, -0.25) is 24.1 Å². The highest BCUT2D eigenvalue weighted by Crippen LogP contribution is 2.42. The summed E-state index contributed by atoms with van der Waals surface area (Å²) in [5.41, 5.74) is 4.03. The summed E-state index contributed by atoms with van der Waals surface area (Å²) < 4.78 is 20.0. The number of aryl methyl sites for hydroxylation is 1. The van der Waals surface area contributed by atoms with Crippen molar-refractivity contribution < 1.29 is 28.3 Å². The van der Waals surface area contributed by atoms with Crippen molar-refractivity contribution in [3.05, 3.63) is 76.0 Å². The number of alkyl halides is 1. The van der Waals surface area contributed by atoms with Crippen LogP contribution in [0, 0.1) is 18.8 Å². The van der Waals surface area contributed by atoms with E-state index in [0.717, 1.165) is 66.3 Å². The molecular weight excluding hydrogens is 927 g/mol. The number of thioether (sulfide) groups is 1. The van der Waals surface area contributed by atoms with Gasteiger partial charge in [0.15, 0.2) is 5.67 Å². The summed E-state index contributed by atoms with van der Waals surface area (Å²) in [6.45, 7) is 10.3. The van der Waals surface area contributed by atoms with Crippen LogP contribution in [0.2, 0.25) is 5.02 Å². The molecule has 4 fully saturated rings. The number of nitrogens with zero attached hydrogens (tertiary/aromatic N) is 6. The Morgan fingerprint density at radius 3 is 2.46 bits per heavy atom. The predicted molar refractivity (Wildman–Crippen MR) is 266 cm³/mol. The van der Waals surface area contributed by atoms with E-state index in [4.69, 9.17) is 16.3 Å². The lowest BCUT2D eigenvalue weighted by molar-refractivity contribution is -0.143. The van der Waals surface area contributed by atoms with Crippen LogP contribution >= 0.6 is 34.7 Å². The van der Waals surface area contributed by atoms with E-state index < -0.39 is 28.4 Å². The third kappa shape index (κ3) is 11.5. The average Bonchev–Trinajstić information content (AvgIpc) is 3.68. The van der Waals surface area contributed by atoms with Gasteiger partial charge in [0.05, 0.1) is 35.1 Å². The molecule has 3 unspecified atom stereocenters. The second-order valence-corrected chi connectivity index (χ2v) is 21.9. The molecule has 4 N–H and O–H groups in total. The fraction of sp³-hybridized carbons (Fsp3) is 0.531. The van der Waals surface area contributed by atoms with E-state index in [0.29, 0.717) is 84.6 Å². The van der Waals surface area contributed by atoms with Gasteiger partial charge in [0.25, 0.3) is 11.8 Å². The number of aromatic nitrogens is 3. The molecule has 15 nitrogen and oxygen atoms in total. The quantitative estimate of drug-likeness (QED) is 0.0783. The Bertz CT molecular complexity index is 2470. The van der Waals surface area contributed by atoms with Gasteiger partial charge >= 0.3 is 0 Å². The molecule has 4 atom stereocenters. The van der Waals surface area contributed by atoms with Crippen molar-refractivity contribution in [3.8, 4) is 16.2 Å². The summed E-state index contributed by atoms with van der Waals surface area (Å²) in [5, 5.41) is 12.4. The summed E-state index contributed by atoms with van der Waals surface area (Å²) in [7, 11) is 3.28. The number of likely N-dealkylation sites (tertiary alicyclic amines) is 1. The maximum absolute atomic E-state index is 15.2. The van der Waals surface area contributed by atoms with Crippen molar-refractivity contribution >= 4 is 75.8 Å². The molecule has 2 aromatic heterocycles. The highest BCUT2D eigenvalue weighted by molar-refractivity contribution is 8.00. The van der Waals surface area contributed by atoms with Crippen molar-refractivity contribution in [1.82, 2.24) is 40.3 Å². The van der Waals surface area contributed by atoms with Crippen molar-refractivity contribution in [2.75, 3.05) is 69.8 Å². The maximum atomic E-state index is 15.2. The number of ether oxygens (including phenoxy) is 1. The summed E-state index contributed by atoms with van der Waals surface area (Å²) >= 11 is 9.37. The Morgan fingerprint density at radius 1 is 1.01 bits per heavy atom. The molecule has 4 aromatic rings. The van der Waals surface area contributed by atoms with Crippen LogP contribution in [-0.2, 0) is 20.9 Å². The van der Waals surface area contributed by atoms with E-state index in [1.807, 2.05) is 55.4 Å². The minimum Gasteiger partial charge on any atom is -0.495 e. The highest BCUT2D eigenvalue weighted by Gasteiger charge is 2.54. The largest absolute Gasteiger partial charge is 0.495 e. The Morgan fingerprint density at radius 2 is 1.76 bits per heavy atom. The first-order valence-corrected chi connectivity index (χ1v) is 25.8. The zero-order chi connectivity index (χ0) is 48.2. The van der Waals surface area contributed by atoms with E-state index in [1.54, 1.807) is 60.4 Å². The van der Waals surface area contributed by atoms with E-state index in [2.05, 4.69) is 41.1 Å². The van der Waals surface area contributed by atoms with Crippen molar-refractivity contribution in [2.24, 2.45) is 11.8 Å². The molecule has 68 heavy (non-hydrogen) atoms. The van der Waals surface area contributed by atoms with Crippen LogP contribution in [0.1, 0.15) is 80.4 Å². The number of nitrogens with one attached hydrogen (secondary N) is 4. The molecule has 0 spiro atoms. The third-order valence-electron chi connectivity index (χ3n) is 13.8. The third-order valence-corrected chi connectivity index (χ3v) is 16.6.